The zero-order chi connectivity index (χ0) is 16.2. The van der Waals surface area contributed by atoms with Gasteiger partial charge in [0.05, 0.1) is 24.5 Å². The van der Waals surface area contributed by atoms with Crippen LogP contribution in [0.5, 0.6) is 0 Å². The van der Waals surface area contributed by atoms with Crippen molar-refractivity contribution in [2.24, 2.45) is 5.92 Å². The third kappa shape index (κ3) is 4.42. The number of anilines is 1. The number of aliphatic hydroxyl groups excluding tert-OH is 1. The van der Waals surface area contributed by atoms with E-state index in [0.717, 1.165) is 0 Å². The SMILES string of the molecule is COC(=O)c1ccc(S(=O)(=O)NCC(O)C(C)C)c(N)c1. The molecule has 0 saturated heterocycles. The summed E-state index contributed by atoms with van der Waals surface area (Å²) in [4.78, 5) is 11.2. The molecule has 0 radical (unpaired) electrons. The van der Waals surface area contributed by atoms with E-state index < -0.39 is 22.1 Å². The van der Waals surface area contributed by atoms with Crippen molar-refractivity contribution in [3.05, 3.63) is 23.8 Å². The van der Waals surface area contributed by atoms with Gasteiger partial charge < -0.3 is 15.6 Å². The second kappa shape index (κ2) is 6.88. The lowest BCUT2D eigenvalue weighted by Gasteiger charge is -2.16. The Morgan fingerprint density at radius 2 is 2.05 bits per heavy atom. The highest BCUT2D eigenvalue weighted by atomic mass is 32.2. The number of nitrogen functional groups attached to an aromatic ring is 1. The van der Waals surface area contributed by atoms with Crippen LogP contribution in [0.4, 0.5) is 5.69 Å². The molecule has 0 amide bonds. The van der Waals surface area contributed by atoms with E-state index in [9.17, 15) is 18.3 Å². The van der Waals surface area contributed by atoms with E-state index in [1.54, 1.807) is 13.8 Å². The average Bonchev–Trinajstić information content (AvgIpc) is 2.43. The number of ether oxygens (including phenoxy) is 1. The minimum Gasteiger partial charge on any atom is -0.465 e. The van der Waals surface area contributed by atoms with E-state index in [2.05, 4.69) is 9.46 Å². The maximum atomic E-state index is 12.1. The molecule has 0 fully saturated rings. The predicted octanol–water partition coefficient (Wildman–Crippen LogP) is 0.351. The van der Waals surface area contributed by atoms with Crippen LogP contribution >= 0.6 is 0 Å². The molecule has 0 aromatic heterocycles. The molecule has 0 spiro atoms. The van der Waals surface area contributed by atoms with Crippen molar-refractivity contribution in [1.29, 1.82) is 0 Å². The van der Waals surface area contributed by atoms with Gasteiger partial charge in [-0.15, -0.1) is 0 Å². The van der Waals surface area contributed by atoms with Gasteiger partial charge in [0.2, 0.25) is 10.0 Å². The zero-order valence-electron chi connectivity index (χ0n) is 12.2. The number of sulfonamides is 1. The summed E-state index contributed by atoms with van der Waals surface area (Å²) in [7, 11) is -2.64. The third-order valence-electron chi connectivity index (χ3n) is 2.97. The fraction of sp³-hybridized carbons (Fsp3) is 0.462. The molecule has 118 valence electrons. The Morgan fingerprint density at radius 3 is 2.52 bits per heavy atom. The van der Waals surface area contributed by atoms with Gasteiger partial charge in [-0.05, 0) is 24.1 Å². The average molecular weight is 316 g/mol. The number of rotatable bonds is 6. The normalized spacial score (nSPS) is 13.2. The van der Waals surface area contributed by atoms with E-state index in [1.807, 2.05) is 0 Å². The van der Waals surface area contributed by atoms with Crippen LogP contribution in [0.25, 0.3) is 0 Å². The quantitative estimate of drug-likeness (QED) is 0.515. The number of nitrogens with two attached hydrogens (primary N) is 1. The lowest BCUT2D eigenvalue weighted by atomic mass is 10.1. The number of hydrogen-bond acceptors (Lipinski definition) is 6. The van der Waals surface area contributed by atoms with Crippen LogP contribution < -0.4 is 10.5 Å². The van der Waals surface area contributed by atoms with Crippen LogP contribution in [0.15, 0.2) is 23.1 Å². The molecule has 21 heavy (non-hydrogen) atoms. The topological polar surface area (TPSA) is 119 Å². The van der Waals surface area contributed by atoms with Gasteiger partial charge in [-0.2, -0.15) is 0 Å². The molecular weight excluding hydrogens is 296 g/mol. The third-order valence-corrected chi connectivity index (χ3v) is 4.47. The molecule has 0 aliphatic carbocycles. The maximum Gasteiger partial charge on any atom is 0.337 e. The van der Waals surface area contributed by atoms with Crippen LogP contribution in [0.2, 0.25) is 0 Å². The van der Waals surface area contributed by atoms with Crippen molar-refractivity contribution >= 4 is 21.7 Å². The first-order chi connectivity index (χ1) is 9.69. The summed E-state index contributed by atoms with van der Waals surface area (Å²) in [5, 5.41) is 9.64. The molecule has 7 nitrogen and oxygen atoms in total. The predicted molar refractivity (Wildman–Crippen MR) is 78.2 cm³/mol. The molecule has 1 atom stereocenters. The summed E-state index contributed by atoms with van der Waals surface area (Å²) in [5.41, 5.74) is 5.77. The monoisotopic (exact) mass is 316 g/mol. The molecule has 1 rings (SSSR count). The summed E-state index contributed by atoms with van der Waals surface area (Å²) in [6, 6.07) is 3.78. The van der Waals surface area contributed by atoms with Crippen LogP contribution in [-0.4, -0.2) is 39.3 Å². The Kier molecular flexibility index (Phi) is 5.70. The van der Waals surface area contributed by atoms with E-state index >= 15 is 0 Å². The Labute approximate surface area is 124 Å². The van der Waals surface area contributed by atoms with Gasteiger partial charge >= 0.3 is 5.97 Å². The van der Waals surface area contributed by atoms with Crippen molar-refractivity contribution < 1.29 is 23.1 Å². The molecule has 1 aromatic rings. The fourth-order valence-electron chi connectivity index (χ4n) is 1.55. The molecule has 8 heteroatoms. The van der Waals surface area contributed by atoms with Gasteiger partial charge in [0.15, 0.2) is 0 Å². The number of methoxy groups -OCH3 is 1. The standard InChI is InChI=1S/C13H20N2O5S/c1-8(2)11(16)7-15-21(18,19)12-5-4-9(6-10(12)14)13(17)20-3/h4-6,8,11,15-16H,7,14H2,1-3H3. The first-order valence-corrected chi connectivity index (χ1v) is 7.83. The molecule has 0 heterocycles. The zero-order valence-corrected chi connectivity index (χ0v) is 13.0. The molecule has 0 aliphatic heterocycles. The highest BCUT2D eigenvalue weighted by Gasteiger charge is 2.21. The van der Waals surface area contributed by atoms with Gasteiger partial charge in [0.1, 0.15) is 4.90 Å². The summed E-state index contributed by atoms with van der Waals surface area (Å²) in [6.45, 7) is 3.44. The van der Waals surface area contributed by atoms with Crippen molar-refractivity contribution in [1.82, 2.24) is 4.72 Å². The van der Waals surface area contributed by atoms with E-state index in [-0.39, 0.29) is 28.6 Å². The molecule has 1 unspecified atom stereocenters. The molecule has 1 aromatic carbocycles. The number of carbonyl (C=O) groups is 1. The Morgan fingerprint density at radius 1 is 1.43 bits per heavy atom. The van der Waals surface area contributed by atoms with E-state index in [4.69, 9.17) is 5.73 Å². The largest absolute Gasteiger partial charge is 0.465 e. The van der Waals surface area contributed by atoms with Gasteiger partial charge in [-0.1, -0.05) is 13.8 Å². The Balaban J connectivity index is 2.96. The maximum absolute atomic E-state index is 12.1. The molecule has 4 N–H and O–H groups in total. The van der Waals surface area contributed by atoms with Crippen LogP contribution in [0.3, 0.4) is 0 Å². The summed E-state index contributed by atoms with van der Waals surface area (Å²) in [5.74, 6) is -0.680. The minimum atomic E-state index is -3.86. The molecule has 0 aliphatic rings. The number of esters is 1. The number of nitrogens with one attached hydrogen (secondary N) is 1. The lowest BCUT2D eigenvalue weighted by molar-refractivity contribution is 0.0600. The smallest absolute Gasteiger partial charge is 0.337 e. The number of hydrogen-bond donors (Lipinski definition) is 3. The summed E-state index contributed by atoms with van der Waals surface area (Å²) < 4.78 is 31.0. The van der Waals surface area contributed by atoms with Crippen molar-refractivity contribution in [2.75, 3.05) is 19.4 Å². The molecular formula is C13H20N2O5S. The first-order valence-electron chi connectivity index (χ1n) is 6.34. The van der Waals surface area contributed by atoms with Gasteiger partial charge in [0.25, 0.3) is 0 Å². The van der Waals surface area contributed by atoms with E-state index in [1.165, 1.54) is 25.3 Å². The Hall–Kier alpha value is -1.64. The number of carbonyl (C=O) groups excluding carboxylic acids is 1. The Bertz CT molecular complexity index is 613. The van der Waals surface area contributed by atoms with Gasteiger partial charge in [-0.25, -0.2) is 17.9 Å². The van der Waals surface area contributed by atoms with Crippen molar-refractivity contribution in [3.63, 3.8) is 0 Å². The van der Waals surface area contributed by atoms with Gasteiger partial charge in [-0.3, -0.25) is 0 Å². The fourth-order valence-corrected chi connectivity index (χ4v) is 2.71. The van der Waals surface area contributed by atoms with Crippen LogP contribution in [-0.2, 0) is 14.8 Å². The van der Waals surface area contributed by atoms with Gasteiger partial charge in [0, 0.05) is 6.54 Å². The first kappa shape index (κ1) is 17.4. The number of benzene rings is 1. The van der Waals surface area contributed by atoms with E-state index in [0.29, 0.717) is 0 Å². The lowest BCUT2D eigenvalue weighted by Crippen LogP contribution is -2.35. The van der Waals surface area contributed by atoms with Crippen molar-refractivity contribution in [2.45, 2.75) is 24.8 Å². The van der Waals surface area contributed by atoms with Crippen LogP contribution in [0, 0.1) is 5.92 Å². The number of aliphatic hydroxyl groups is 1. The second-order valence-electron chi connectivity index (χ2n) is 4.91. The summed E-state index contributed by atoms with van der Waals surface area (Å²) >= 11 is 0. The molecule has 0 bridgehead atoms. The highest BCUT2D eigenvalue weighted by molar-refractivity contribution is 7.89. The highest BCUT2D eigenvalue weighted by Crippen LogP contribution is 2.20. The minimum absolute atomic E-state index is 0.0653. The molecule has 0 saturated carbocycles. The second-order valence-corrected chi connectivity index (χ2v) is 6.64. The van der Waals surface area contributed by atoms with Crippen molar-refractivity contribution in [3.8, 4) is 0 Å². The van der Waals surface area contributed by atoms with Crippen LogP contribution in [0.1, 0.15) is 24.2 Å². The summed E-state index contributed by atoms with van der Waals surface area (Å²) in [6.07, 6.45) is -0.796.